The van der Waals surface area contributed by atoms with Gasteiger partial charge in [-0.05, 0) is 12.1 Å². The van der Waals surface area contributed by atoms with Crippen LogP contribution in [0.5, 0.6) is 0 Å². The lowest BCUT2D eigenvalue weighted by atomic mass is 10.3. The summed E-state index contributed by atoms with van der Waals surface area (Å²) in [6.45, 7) is 0.0193. The van der Waals surface area contributed by atoms with Crippen LogP contribution in [0.15, 0.2) is 38.6 Å². The summed E-state index contributed by atoms with van der Waals surface area (Å²) in [6.07, 6.45) is 1.44. The average molecular weight is 352 g/mol. The number of aromatic nitrogens is 5. The van der Waals surface area contributed by atoms with Crippen LogP contribution in [0, 0.1) is 0 Å². The Bertz CT molecular complexity index is 1140. The van der Waals surface area contributed by atoms with E-state index in [4.69, 9.17) is 4.42 Å². The molecule has 0 aliphatic rings. The molecular weight excluding hydrogens is 344 g/mol. The number of nitrogens with zero attached hydrogens (tertiary/aromatic N) is 4. The average Bonchev–Trinajstić information content (AvgIpc) is 3.16. The van der Waals surface area contributed by atoms with Gasteiger partial charge >= 0.3 is 5.76 Å². The van der Waals surface area contributed by atoms with Crippen LogP contribution in [-0.2, 0) is 16.6 Å². The summed E-state index contributed by atoms with van der Waals surface area (Å²) in [5.74, 6) is -0.637. The van der Waals surface area contributed by atoms with E-state index in [0.29, 0.717) is 15.5 Å². The maximum absolute atomic E-state index is 12.3. The minimum absolute atomic E-state index is 0.00393. The number of aromatic amines is 1. The van der Waals surface area contributed by atoms with E-state index >= 15 is 0 Å². The topological polar surface area (TPSA) is 135 Å². The van der Waals surface area contributed by atoms with Crippen molar-refractivity contribution in [3.8, 4) is 0 Å². The highest BCUT2D eigenvalue weighted by atomic mass is 32.2. The Kier molecular flexibility index (Phi) is 3.04. The van der Waals surface area contributed by atoms with Crippen molar-refractivity contribution in [2.45, 2.75) is 11.4 Å². The molecule has 0 radical (unpaired) electrons. The zero-order valence-corrected chi connectivity index (χ0v) is 12.9. The Morgan fingerprint density at radius 3 is 3.09 bits per heavy atom. The van der Waals surface area contributed by atoms with E-state index in [1.165, 1.54) is 40.4 Å². The summed E-state index contributed by atoms with van der Waals surface area (Å²) in [5, 5.41) is 12.2. The van der Waals surface area contributed by atoms with Crippen molar-refractivity contribution in [2.75, 3.05) is 0 Å². The SMILES string of the molecule is O=c1[nH]c2ccc(S(=O)(=O)NCc3nn4cnnc4s3)cc2o1. The van der Waals surface area contributed by atoms with Gasteiger partial charge in [0.1, 0.15) is 11.3 Å². The molecular formula is C11H8N6O4S2. The summed E-state index contributed by atoms with van der Waals surface area (Å²) >= 11 is 1.23. The van der Waals surface area contributed by atoms with Crippen LogP contribution in [0.4, 0.5) is 0 Å². The van der Waals surface area contributed by atoms with Crippen LogP contribution >= 0.6 is 11.3 Å². The van der Waals surface area contributed by atoms with Crippen molar-refractivity contribution >= 4 is 37.4 Å². The molecule has 0 saturated carbocycles. The number of oxazole rings is 1. The lowest BCUT2D eigenvalue weighted by molar-refractivity contribution is 0.553. The number of nitrogens with one attached hydrogen (secondary N) is 2. The molecule has 0 bridgehead atoms. The zero-order chi connectivity index (χ0) is 16.0. The summed E-state index contributed by atoms with van der Waals surface area (Å²) in [6, 6.07) is 4.14. The van der Waals surface area contributed by atoms with Crippen molar-refractivity contribution in [1.82, 2.24) is 29.5 Å². The van der Waals surface area contributed by atoms with E-state index in [2.05, 4.69) is 25.0 Å². The first kappa shape index (κ1) is 14.0. The molecule has 4 aromatic rings. The number of fused-ring (bicyclic) bond motifs is 2. The third-order valence-corrected chi connectivity index (χ3v) is 5.36. The molecule has 0 aliphatic heterocycles. The predicted octanol–water partition coefficient (Wildman–Crippen LogP) is 0.0988. The highest BCUT2D eigenvalue weighted by Crippen LogP contribution is 2.17. The van der Waals surface area contributed by atoms with E-state index in [9.17, 15) is 13.2 Å². The monoisotopic (exact) mass is 352 g/mol. The normalized spacial score (nSPS) is 12.3. The van der Waals surface area contributed by atoms with Gasteiger partial charge in [0.25, 0.3) is 0 Å². The first-order valence-corrected chi connectivity index (χ1v) is 8.59. The van der Waals surface area contributed by atoms with Gasteiger partial charge in [-0.2, -0.15) is 9.61 Å². The maximum Gasteiger partial charge on any atom is 0.417 e. The van der Waals surface area contributed by atoms with Crippen molar-refractivity contribution in [3.05, 3.63) is 40.1 Å². The molecule has 3 aromatic heterocycles. The molecule has 4 rings (SSSR count). The minimum Gasteiger partial charge on any atom is -0.408 e. The van der Waals surface area contributed by atoms with Crippen LogP contribution in [-0.4, -0.2) is 33.2 Å². The maximum atomic E-state index is 12.3. The van der Waals surface area contributed by atoms with Gasteiger partial charge in [-0.15, -0.1) is 10.2 Å². The molecule has 23 heavy (non-hydrogen) atoms. The Morgan fingerprint density at radius 1 is 1.39 bits per heavy atom. The number of sulfonamides is 1. The first-order valence-electron chi connectivity index (χ1n) is 6.29. The molecule has 0 atom stereocenters. The fraction of sp³-hybridized carbons (Fsp3) is 0.0909. The summed E-state index contributed by atoms with van der Waals surface area (Å²) < 4.78 is 33.4. The molecule has 0 spiro atoms. The Balaban J connectivity index is 1.60. The third-order valence-electron chi connectivity index (χ3n) is 3.04. The van der Waals surface area contributed by atoms with E-state index in [1.807, 2.05) is 0 Å². The highest BCUT2D eigenvalue weighted by molar-refractivity contribution is 7.89. The molecule has 0 fully saturated rings. The number of rotatable bonds is 4. The molecule has 0 aliphatic carbocycles. The molecule has 0 unspecified atom stereocenters. The Morgan fingerprint density at radius 2 is 2.26 bits per heavy atom. The second-order valence-corrected chi connectivity index (χ2v) is 7.36. The fourth-order valence-electron chi connectivity index (χ4n) is 2.01. The molecule has 118 valence electrons. The van der Waals surface area contributed by atoms with Crippen LogP contribution in [0.3, 0.4) is 0 Å². The summed E-state index contributed by atoms with van der Waals surface area (Å²) in [7, 11) is -3.77. The number of hydrogen-bond donors (Lipinski definition) is 2. The molecule has 0 amide bonds. The van der Waals surface area contributed by atoms with E-state index in [1.54, 1.807) is 0 Å². The standard InChI is InChI=1S/C11H8N6O4S2/c18-11-14-7-2-1-6(3-8(7)21-11)23(19,20)13-4-9-16-17-5-12-15-10(17)22-9/h1-3,5,13H,4H2,(H,14,18). The molecule has 12 heteroatoms. The van der Waals surface area contributed by atoms with E-state index in [0.717, 1.165) is 0 Å². The lowest BCUT2D eigenvalue weighted by Crippen LogP contribution is -2.23. The quantitative estimate of drug-likeness (QED) is 0.531. The molecule has 2 N–H and O–H groups in total. The predicted molar refractivity (Wildman–Crippen MR) is 79.5 cm³/mol. The number of benzene rings is 1. The summed E-state index contributed by atoms with van der Waals surface area (Å²) in [4.78, 5) is 14.1. The van der Waals surface area contributed by atoms with Gasteiger partial charge in [0.05, 0.1) is 17.0 Å². The van der Waals surface area contributed by atoms with Crippen molar-refractivity contribution in [3.63, 3.8) is 0 Å². The second kappa shape index (κ2) is 4.97. The Labute approximate surface area is 131 Å². The van der Waals surface area contributed by atoms with Crippen LogP contribution in [0.1, 0.15) is 5.01 Å². The Hall–Kier alpha value is -2.57. The largest absolute Gasteiger partial charge is 0.417 e. The van der Waals surface area contributed by atoms with Crippen LogP contribution in [0.2, 0.25) is 0 Å². The van der Waals surface area contributed by atoms with Crippen molar-refractivity contribution in [2.24, 2.45) is 0 Å². The minimum atomic E-state index is -3.77. The van der Waals surface area contributed by atoms with Gasteiger partial charge in [0.15, 0.2) is 5.58 Å². The van der Waals surface area contributed by atoms with Crippen molar-refractivity contribution in [1.29, 1.82) is 0 Å². The van der Waals surface area contributed by atoms with E-state index < -0.39 is 15.8 Å². The summed E-state index contributed by atoms with van der Waals surface area (Å²) in [5.41, 5.74) is 0.610. The van der Waals surface area contributed by atoms with Gasteiger partial charge in [0, 0.05) is 6.07 Å². The van der Waals surface area contributed by atoms with E-state index in [-0.39, 0.29) is 17.0 Å². The van der Waals surface area contributed by atoms with Gasteiger partial charge in [0.2, 0.25) is 15.0 Å². The van der Waals surface area contributed by atoms with Crippen LogP contribution in [0.25, 0.3) is 16.1 Å². The van der Waals surface area contributed by atoms with Gasteiger partial charge in [-0.1, -0.05) is 11.3 Å². The van der Waals surface area contributed by atoms with Gasteiger partial charge < -0.3 is 4.42 Å². The zero-order valence-electron chi connectivity index (χ0n) is 11.3. The van der Waals surface area contributed by atoms with Gasteiger partial charge in [-0.3, -0.25) is 4.98 Å². The number of hydrogen-bond acceptors (Lipinski definition) is 8. The first-order chi connectivity index (χ1) is 11.0. The smallest absolute Gasteiger partial charge is 0.408 e. The second-order valence-electron chi connectivity index (χ2n) is 4.55. The number of H-pyrrole nitrogens is 1. The van der Waals surface area contributed by atoms with Crippen LogP contribution < -0.4 is 10.5 Å². The molecule has 1 aromatic carbocycles. The molecule has 0 saturated heterocycles. The highest BCUT2D eigenvalue weighted by Gasteiger charge is 2.17. The lowest BCUT2D eigenvalue weighted by Gasteiger charge is -2.04. The van der Waals surface area contributed by atoms with Crippen molar-refractivity contribution < 1.29 is 12.8 Å². The fourth-order valence-corrected chi connectivity index (χ4v) is 3.85. The third kappa shape index (κ3) is 2.52. The van der Waals surface area contributed by atoms with Gasteiger partial charge in [-0.25, -0.2) is 17.9 Å². The molecule has 3 heterocycles. The molecule has 10 nitrogen and oxygen atoms in total.